The molecule has 5 nitrogen and oxygen atoms in total. The fraction of sp³-hybridized carbons (Fsp3) is 0.893. The summed E-state index contributed by atoms with van der Waals surface area (Å²) in [6.07, 6.45) is 94.9. The summed E-state index contributed by atoms with van der Waals surface area (Å²) < 4.78 is 10.8. The van der Waals surface area contributed by atoms with Crippen molar-refractivity contribution in [2.75, 3.05) is 13.2 Å². The third-order valence-electron chi connectivity index (χ3n) is 16.9. The summed E-state index contributed by atoms with van der Waals surface area (Å²) in [5, 5.41) is 9.70. The van der Waals surface area contributed by atoms with Crippen LogP contribution < -0.4 is 0 Å². The summed E-state index contributed by atoms with van der Waals surface area (Å²) >= 11 is 0. The number of hydrogen-bond donors (Lipinski definition) is 1. The lowest BCUT2D eigenvalue weighted by Gasteiger charge is -2.15. The molecule has 0 aliphatic heterocycles. The number of allylic oxidation sites excluding steroid dienone is 6. The molecule has 0 rings (SSSR count). The quantitative estimate of drug-likeness (QED) is 0.0373. The Hall–Kier alpha value is -1.88. The number of carbonyl (C=O) groups is 2. The number of hydrogen-bond acceptors (Lipinski definition) is 5. The summed E-state index contributed by atoms with van der Waals surface area (Å²) in [5.41, 5.74) is 0. The Labute approximate surface area is 501 Å². The highest BCUT2D eigenvalue weighted by Gasteiger charge is 2.16. The van der Waals surface area contributed by atoms with Gasteiger partial charge in [0.25, 0.3) is 0 Å². The molecule has 0 heterocycles. The maximum atomic E-state index is 12.4. The van der Waals surface area contributed by atoms with Crippen LogP contribution in [0.3, 0.4) is 0 Å². The van der Waals surface area contributed by atoms with Gasteiger partial charge in [0.1, 0.15) is 6.61 Å². The zero-order valence-corrected chi connectivity index (χ0v) is 54.4. The Balaban J connectivity index is 3.36. The van der Waals surface area contributed by atoms with Crippen molar-refractivity contribution in [1.82, 2.24) is 0 Å². The molecule has 1 atom stereocenters. The molecular weight excluding hydrogens is 981 g/mol. The first kappa shape index (κ1) is 78.1. The minimum absolute atomic E-state index is 0.0576. The van der Waals surface area contributed by atoms with Crippen LogP contribution in [0, 0.1) is 0 Å². The second-order valence-electron chi connectivity index (χ2n) is 25.0. The zero-order valence-electron chi connectivity index (χ0n) is 54.4. The Morgan fingerprint density at radius 3 is 0.750 bits per heavy atom. The third-order valence-corrected chi connectivity index (χ3v) is 16.9. The second kappa shape index (κ2) is 71.4. The fourth-order valence-electron chi connectivity index (χ4n) is 11.5. The van der Waals surface area contributed by atoms with Crippen molar-refractivity contribution in [2.24, 2.45) is 0 Å². The van der Waals surface area contributed by atoms with Gasteiger partial charge in [-0.15, -0.1) is 0 Å². The van der Waals surface area contributed by atoms with E-state index in [9.17, 15) is 14.7 Å². The number of ether oxygens (including phenoxy) is 2. The maximum Gasteiger partial charge on any atom is 0.306 e. The van der Waals surface area contributed by atoms with Crippen molar-refractivity contribution in [1.29, 1.82) is 0 Å². The molecule has 0 aliphatic carbocycles. The first-order valence-corrected chi connectivity index (χ1v) is 36.5. The van der Waals surface area contributed by atoms with Crippen molar-refractivity contribution in [2.45, 2.75) is 418 Å². The van der Waals surface area contributed by atoms with Gasteiger partial charge >= 0.3 is 11.9 Å². The Morgan fingerprint density at radius 1 is 0.287 bits per heavy atom. The van der Waals surface area contributed by atoms with Gasteiger partial charge in [0.05, 0.1) is 6.61 Å². The van der Waals surface area contributed by atoms with Crippen LogP contribution in [-0.4, -0.2) is 36.4 Å². The van der Waals surface area contributed by atoms with E-state index in [1.54, 1.807) is 0 Å². The van der Waals surface area contributed by atoms with Crippen molar-refractivity contribution < 1.29 is 24.2 Å². The topological polar surface area (TPSA) is 72.8 Å². The van der Waals surface area contributed by atoms with Crippen molar-refractivity contribution >= 4 is 11.9 Å². The Morgan fingerprint density at radius 2 is 0.500 bits per heavy atom. The molecule has 0 saturated carbocycles. The van der Waals surface area contributed by atoms with Crippen LogP contribution in [0.4, 0.5) is 0 Å². The van der Waals surface area contributed by atoms with E-state index in [-0.39, 0.29) is 25.2 Å². The highest BCUT2D eigenvalue weighted by Crippen LogP contribution is 2.19. The minimum Gasteiger partial charge on any atom is -0.462 e. The van der Waals surface area contributed by atoms with Crippen LogP contribution in [0.15, 0.2) is 36.5 Å². The highest BCUT2D eigenvalue weighted by atomic mass is 16.6. The van der Waals surface area contributed by atoms with Gasteiger partial charge in [0.2, 0.25) is 0 Å². The van der Waals surface area contributed by atoms with Gasteiger partial charge in [-0.05, 0) is 51.4 Å². The largest absolute Gasteiger partial charge is 0.462 e. The first-order valence-electron chi connectivity index (χ1n) is 36.5. The molecule has 0 radical (unpaired) electrons. The van der Waals surface area contributed by atoms with Gasteiger partial charge in [0, 0.05) is 12.8 Å². The third kappa shape index (κ3) is 68.6. The molecule has 472 valence electrons. The SMILES string of the molecule is CCCCCCC/C=C\C/C=C\C/C=C\CCCCCCCCCCCCCCCCCCCCCCCCCCCCC(=O)OC(CO)COC(=O)CCCCCCCCCCCCCCCCCCCCCCCCCCC. The molecule has 0 amide bonds. The van der Waals surface area contributed by atoms with Gasteiger partial charge in [-0.25, -0.2) is 0 Å². The first-order chi connectivity index (χ1) is 39.6. The van der Waals surface area contributed by atoms with E-state index in [0.717, 1.165) is 44.9 Å². The lowest BCUT2D eigenvalue weighted by atomic mass is 10.0. The zero-order chi connectivity index (χ0) is 57.6. The smallest absolute Gasteiger partial charge is 0.306 e. The molecule has 1 N–H and O–H groups in total. The molecule has 0 aromatic rings. The predicted octanol–water partition coefficient (Wildman–Crippen LogP) is 25.3. The van der Waals surface area contributed by atoms with Gasteiger partial charge in [-0.2, -0.15) is 0 Å². The van der Waals surface area contributed by atoms with Crippen molar-refractivity contribution in [3.8, 4) is 0 Å². The summed E-state index contributed by atoms with van der Waals surface area (Å²) in [7, 11) is 0. The van der Waals surface area contributed by atoms with Crippen LogP contribution in [0.2, 0.25) is 0 Å². The van der Waals surface area contributed by atoms with Gasteiger partial charge in [-0.3, -0.25) is 9.59 Å². The Kier molecular flexibility index (Phi) is 69.7. The molecule has 0 aliphatic rings. The van der Waals surface area contributed by atoms with Crippen LogP contribution in [-0.2, 0) is 19.1 Å². The number of unbranched alkanes of at least 4 members (excludes halogenated alkanes) is 55. The van der Waals surface area contributed by atoms with Crippen LogP contribution >= 0.6 is 0 Å². The Bertz CT molecular complexity index is 1270. The van der Waals surface area contributed by atoms with E-state index in [1.807, 2.05) is 0 Å². The lowest BCUT2D eigenvalue weighted by Crippen LogP contribution is -2.28. The van der Waals surface area contributed by atoms with Crippen LogP contribution in [0.5, 0.6) is 0 Å². The average Bonchev–Trinajstić information content (AvgIpc) is 3.46. The maximum absolute atomic E-state index is 12.4. The number of aliphatic hydroxyl groups is 1. The van der Waals surface area contributed by atoms with E-state index in [2.05, 4.69) is 50.3 Å². The van der Waals surface area contributed by atoms with Crippen molar-refractivity contribution in [3.05, 3.63) is 36.5 Å². The second-order valence-corrected chi connectivity index (χ2v) is 25.0. The summed E-state index contributed by atoms with van der Waals surface area (Å²) in [6.45, 7) is 4.20. The van der Waals surface area contributed by atoms with E-state index in [0.29, 0.717) is 12.8 Å². The predicted molar refractivity (Wildman–Crippen MR) is 353 cm³/mol. The number of rotatable bonds is 69. The minimum atomic E-state index is -0.768. The molecule has 0 saturated heterocycles. The van der Waals surface area contributed by atoms with E-state index >= 15 is 0 Å². The molecule has 5 heteroatoms. The fourth-order valence-corrected chi connectivity index (χ4v) is 11.5. The molecule has 1 unspecified atom stereocenters. The number of carbonyl (C=O) groups excluding carboxylic acids is 2. The molecule has 0 spiro atoms. The van der Waals surface area contributed by atoms with E-state index < -0.39 is 6.10 Å². The normalized spacial score (nSPS) is 12.3. The summed E-state index contributed by atoms with van der Waals surface area (Å²) in [5.74, 6) is -0.562. The van der Waals surface area contributed by atoms with Gasteiger partial charge in [0.15, 0.2) is 6.10 Å². The summed E-state index contributed by atoms with van der Waals surface area (Å²) in [4.78, 5) is 24.6. The molecule has 0 fully saturated rings. The van der Waals surface area contributed by atoms with Crippen molar-refractivity contribution in [3.63, 3.8) is 0 Å². The average molecular weight is 1120 g/mol. The van der Waals surface area contributed by atoms with E-state index in [1.165, 1.54) is 340 Å². The van der Waals surface area contributed by atoms with Crippen LogP contribution in [0.25, 0.3) is 0 Å². The lowest BCUT2D eigenvalue weighted by molar-refractivity contribution is -0.161. The standard InChI is InChI=1S/C75H142O5/c1-3-5-7-9-11-13-15-17-19-21-23-25-27-29-30-31-32-33-34-35-36-37-38-39-40-41-42-43-44-46-48-50-52-54-56-58-60-62-64-66-68-70-75(78)80-73(71-76)72-79-74(77)69-67-65-63-61-59-57-55-53-51-49-47-45-28-26-24-22-20-18-16-14-12-10-8-6-4-2/h15,17,21,23,27,29,73,76H,3-14,16,18-20,22,24-26,28,30-72H2,1-2H3/b17-15-,23-21-,29-27-. The highest BCUT2D eigenvalue weighted by molar-refractivity contribution is 5.70. The number of aliphatic hydroxyl groups excluding tert-OH is 1. The molecule has 0 aromatic carbocycles. The van der Waals surface area contributed by atoms with Gasteiger partial charge < -0.3 is 14.6 Å². The molecule has 0 aromatic heterocycles. The summed E-state index contributed by atoms with van der Waals surface area (Å²) in [6, 6.07) is 0. The molecule has 80 heavy (non-hydrogen) atoms. The monoisotopic (exact) mass is 1120 g/mol. The molecule has 0 bridgehead atoms. The van der Waals surface area contributed by atoms with Gasteiger partial charge in [-0.1, -0.05) is 384 Å². The number of esters is 2. The van der Waals surface area contributed by atoms with Crippen LogP contribution in [0.1, 0.15) is 412 Å². The van der Waals surface area contributed by atoms with E-state index in [4.69, 9.17) is 9.47 Å². The molecular formula is C75H142O5.